The van der Waals surface area contributed by atoms with Crippen molar-refractivity contribution in [2.75, 3.05) is 4.90 Å². The summed E-state index contributed by atoms with van der Waals surface area (Å²) in [4.78, 5) is 2.44. The first-order valence-corrected chi connectivity index (χ1v) is 19.8. The molecular formula is C54H41N. The monoisotopic (exact) mass is 703 g/mol. The number of benzene rings is 8. The van der Waals surface area contributed by atoms with Crippen LogP contribution in [0.2, 0.25) is 0 Å². The first-order chi connectivity index (χ1) is 27.2. The van der Waals surface area contributed by atoms with Crippen LogP contribution >= 0.6 is 0 Å². The molecule has 0 unspecified atom stereocenters. The van der Waals surface area contributed by atoms with Crippen molar-refractivity contribution in [3.8, 4) is 44.5 Å². The van der Waals surface area contributed by atoms with E-state index >= 15 is 0 Å². The van der Waals surface area contributed by atoms with Gasteiger partial charge in [0.1, 0.15) is 0 Å². The van der Waals surface area contributed by atoms with Gasteiger partial charge in [-0.3, -0.25) is 0 Å². The number of hydrogen-bond donors (Lipinski definition) is 0. The maximum Gasteiger partial charge on any atom is 0.0465 e. The second kappa shape index (κ2) is 12.6. The summed E-state index contributed by atoms with van der Waals surface area (Å²) in [6.45, 7) is 0. The molecule has 11 rings (SSSR count). The van der Waals surface area contributed by atoms with E-state index in [9.17, 15) is 0 Å². The lowest BCUT2D eigenvalue weighted by atomic mass is 9.57. The van der Waals surface area contributed by atoms with Crippen molar-refractivity contribution in [1.29, 1.82) is 0 Å². The molecule has 0 amide bonds. The molecule has 0 heterocycles. The highest BCUT2D eigenvalue weighted by Crippen LogP contribution is 2.64. The number of para-hydroxylation sites is 1. The van der Waals surface area contributed by atoms with Gasteiger partial charge in [0.15, 0.2) is 0 Å². The van der Waals surface area contributed by atoms with Crippen LogP contribution < -0.4 is 4.90 Å². The van der Waals surface area contributed by atoms with Crippen molar-refractivity contribution >= 4 is 17.1 Å². The lowest BCUT2D eigenvalue weighted by molar-refractivity contribution is 0.265. The highest BCUT2D eigenvalue weighted by atomic mass is 15.1. The number of nitrogens with zero attached hydrogens (tertiary/aromatic N) is 1. The first kappa shape index (κ1) is 32.0. The van der Waals surface area contributed by atoms with Crippen LogP contribution in [0, 0.1) is 0 Å². The molecule has 3 aliphatic rings. The molecule has 1 heteroatoms. The number of fused-ring (bicyclic) bond motifs is 10. The SMILES string of the molecule is c1ccc(-c2ccc(N(c3ccccc3)c3ccc4c(c3)C3(CCC5(CC3)c3ccccc3-c3ccc(-c6ccccc6)cc35)c3ccccc3-4)cc2)cc1. The molecule has 3 aliphatic carbocycles. The van der Waals surface area contributed by atoms with Crippen LogP contribution in [0.5, 0.6) is 0 Å². The summed E-state index contributed by atoms with van der Waals surface area (Å²) >= 11 is 0. The third kappa shape index (κ3) is 4.93. The highest BCUT2D eigenvalue weighted by Gasteiger charge is 2.53. The average molecular weight is 704 g/mol. The molecule has 1 nitrogen and oxygen atoms in total. The predicted octanol–water partition coefficient (Wildman–Crippen LogP) is 14.3. The standard InChI is InChI=1S/C54H41N/c1-4-14-38(15-5-1)40-24-27-43(28-25-40)55(42-18-8-3-9-19-42)44-29-31-48-46-21-11-13-23-50(46)54(52(48)37-44)34-32-53(33-35-54)49-22-12-10-20-45(49)47-30-26-41(36-51(47)53)39-16-6-2-7-17-39/h1-31,36-37H,32-35H2. The van der Waals surface area contributed by atoms with Gasteiger partial charge < -0.3 is 4.90 Å². The average Bonchev–Trinajstić information content (AvgIpc) is 3.69. The Morgan fingerprint density at radius 3 is 1.24 bits per heavy atom. The van der Waals surface area contributed by atoms with Gasteiger partial charge in [0.2, 0.25) is 0 Å². The minimum Gasteiger partial charge on any atom is -0.310 e. The van der Waals surface area contributed by atoms with Crippen LogP contribution in [0.3, 0.4) is 0 Å². The van der Waals surface area contributed by atoms with Gasteiger partial charge in [0, 0.05) is 27.9 Å². The van der Waals surface area contributed by atoms with Gasteiger partial charge in [-0.05, 0) is 135 Å². The van der Waals surface area contributed by atoms with Gasteiger partial charge >= 0.3 is 0 Å². The predicted molar refractivity (Wildman–Crippen MR) is 229 cm³/mol. The summed E-state index contributed by atoms with van der Waals surface area (Å²) < 4.78 is 0. The van der Waals surface area contributed by atoms with Crippen molar-refractivity contribution in [2.45, 2.75) is 36.5 Å². The van der Waals surface area contributed by atoms with Gasteiger partial charge in [0.25, 0.3) is 0 Å². The topological polar surface area (TPSA) is 3.24 Å². The van der Waals surface area contributed by atoms with Crippen molar-refractivity contribution in [3.63, 3.8) is 0 Å². The van der Waals surface area contributed by atoms with E-state index in [1.807, 2.05) is 0 Å². The molecule has 0 N–H and O–H groups in total. The zero-order valence-electron chi connectivity index (χ0n) is 30.8. The third-order valence-corrected chi connectivity index (χ3v) is 13.1. The Balaban J connectivity index is 1.02. The van der Waals surface area contributed by atoms with Crippen molar-refractivity contribution < 1.29 is 0 Å². The van der Waals surface area contributed by atoms with Crippen molar-refractivity contribution in [1.82, 2.24) is 0 Å². The quantitative estimate of drug-likeness (QED) is 0.172. The molecule has 1 saturated carbocycles. The van der Waals surface area contributed by atoms with Crippen LogP contribution in [0.4, 0.5) is 17.1 Å². The van der Waals surface area contributed by atoms with E-state index in [2.05, 4.69) is 205 Å². The molecule has 8 aromatic carbocycles. The fourth-order valence-electron chi connectivity index (χ4n) is 10.5. The van der Waals surface area contributed by atoms with Crippen LogP contribution in [0.1, 0.15) is 47.9 Å². The smallest absolute Gasteiger partial charge is 0.0465 e. The molecule has 55 heavy (non-hydrogen) atoms. The van der Waals surface area contributed by atoms with Crippen LogP contribution in [-0.4, -0.2) is 0 Å². The lowest BCUT2D eigenvalue weighted by Crippen LogP contribution is -2.39. The largest absolute Gasteiger partial charge is 0.310 e. The van der Waals surface area contributed by atoms with Gasteiger partial charge in [0.05, 0.1) is 0 Å². The Morgan fingerprint density at radius 2 is 0.655 bits per heavy atom. The molecule has 0 bridgehead atoms. The Kier molecular flexibility index (Phi) is 7.32. The molecule has 0 aromatic heterocycles. The third-order valence-electron chi connectivity index (χ3n) is 13.1. The van der Waals surface area contributed by atoms with E-state index in [0.29, 0.717) is 0 Å². The molecule has 262 valence electrons. The molecule has 0 radical (unpaired) electrons. The molecular weight excluding hydrogens is 663 g/mol. The summed E-state index contributed by atoms with van der Waals surface area (Å²) in [7, 11) is 0. The Labute approximate surface area is 324 Å². The summed E-state index contributed by atoms with van der Waals surface area (Å²) in [6.07, 6.45) is 4.41. The summed E-state index contributed by atoms with van der Waals surface area (Å²) in [5.74, 6) is 0. The maximum absolute atomic E-state index is 2.54. The zero-order chi connectivity index (χ0) is 36.4. The summed E-state index contributed by atoms with van der Waals surface area (Å²) in [5, 5.41) is 0. The highest BCUT2D eigenvalue weighted by molar-refractivity contribution is 5.88. The summed E-state index contributed by atoms with van der Waals surface area (Å²) in [6, 6.07) is 74.5. The minimum absolute atomic E-state index is 0.00610. The minimum atomic E-state index is -0.0541. The summed E-state index contributed by atoms with van der Waals surface area (Å²) in [5.41, 5.74) is 20.1. The lowest BCUT2D eigenvalue weighted by Gasteiger charge is -2.46. The molecule has 0 aliphatic heterocycles. The van der Waals surface area contributed by atoms with E-state index in [1.165, 1.54) is 72.4 Å². The maximum atomic E-state index is 2.54. The Hall–Kier alpha value is -6.44. The Bertz CT molecular complexity index is 2680. The molecule has 8 aromatic rings. The Morgan fingerprint density at radius 1 is 0.273 bits per heavy atom. The second-order valence-corrected chi connectivity index (χ2v) is 15.7. The zero-order valence-corrected chi connectivity index (χ0v) is 30.8. The fraction of sp³-hybridized carbons (Fsp3) is 0.111. The van der Waals surface area contributed by atoms with Crippen LogP contribution in [-0.2, 0) is 10.8 Å². The van der Waals surface area contributed by atoms with Crippen LogP contribution in [0.15, 0.2) is 200 Å². The van der Waals surface area contributed by atoms with Crippen LogP contribution in [0.25, 0.3) is 44.5 Å². The van der Waals surface area contributed by atoms with Gasteiger partial charge in [-0.2, -0.15) is 0 Å². The van der Waals surface area contributed by atoms with Gasteiger partial charge in [-0.15, -0.1) is 0 Å². The fourth-order valence-corrected chi connectivity index (χ4v) is 10.5. The van der Waals surface area contributed by atoms with E-state index in [4.69, 9.17) is 0 Å². The van der Waals surface area contributed by atoms with Gasteiger partial charge in [-0.25, -0.2) is 0 Å². The van der Waals surface area contributed by atoms with E-state index in [0.717, 1.165) is 37.1 Å². The molecule has 2 spiro atoms. The van der Waals surface area contributed by atoms with Gasteiger partial charge in [-0.1, -0.05) is 158 Å². The molecule has 0 saturated heterocycles. The number of anilines is 3. The number of hydrogen-bond acceptors (Lipinski definition) is 1. The molecule has 1 fully saturated rings. The van der Waals surface area contributed by atoms with E-state index in [1.54, 1.807) is 0 Å². The van der Waals surface area contributed by atoms with E-state index < -0.39 is 0 Å². The normalized spacial score (nSPS) is 18.8. The second-order valence-electron chi connectivity index (χ2n) is 15.7. The molecule has 0 atom stereocenters. The van der Waals surface area contributed by atoms with E-state index in [-0.39, 0.29) is 10.8 Å². The van der Waals surface area contributed by atoms with Crippen molar-refractivity contribution in [3.05, 3.63) is 222 Å². The number of rotatable bonds is 5. The first-order valence-electron chi connectivity index (χ1n) is 19.8. The van der Waals surface area contributed by atoms with Crippen molar-refractivity contribution in [2.24, 2.45) is 0 Å².